The summed E-state index contributed by atoms with van der Waals surface area (Å²) in [6.07, 6.45) is 14.9. The van der Waals surface area contributed by atoms with Crippen LogP contribution < -0.4 is 4.90 Å². The van der Waals surface area contributed by atoms with E-state index in [0.717, 1.165) is 62.6 Å². The van der Waals surface area contributed by atoms with Crippen molar-refractivity contribution in [1.82, 2.24) is 14.4 Å². The lowest BCUT2D eigenvalue weighted by Gasteiger charge is -2.33. The van der Waals surface area contributed by atoms with E-state index in [1.165, 1.54) is 16.8 Å². The molecule has 4 aromatic carbocycles. The molecule has 4 heterocycles. The van der Waals surface area contributed by atoms with E-state index in [4.69, 9.17) is 20.0 Å². The van der Waals surface area contributed by atoms with Gasteiger partial charge in [-0.25, -0.2) is 15.0 Å². The molecule has 5 atom stereocenters. The molecule has 50 heavy (non-hydrogen) atoms. The van der Waals surface area contributed by atoms with Gasteiger partial charge in [0.25, 0.3) is 0 Å². The maximum Gasteiger partial charge on any atom is 0.217 e. The molecule has 0 bridgehead atoms. The number of fused-ring (bicyclic) bond motifs is 8. The number of rotatable bonds is 4. The van der Waals surface area contributed by atoms with Gasteiger partial charge in [-0.15, -0.1) is 0 Å². The van der Waals surface area contributed by atoms with Gasteiger partial charge in [0.1, 0.15) is 5.65 Å². The highest BCUT2D eigenvalue weighted by Gasteiger charge is 2.42. The molecule has 0 saturated heterocycles. The first-order chi connectivity index (χ1) is 24.6. The number of imidazole rings is 1. The quantitative estimate of drug-likeness (QED) is 0.191. The summed E-state index contributed by atoms with van der Waals surface area (Å²) in [7, 11) is 0. The van der Waals surface area contributed by atoms with Gasteiger partial charge in [-0.05, 0) is 59.4 Å². The second kappa shape index (κ2) is 11.3. The Morgan fingerprint density at radius 2 is 1.52 bits per heavy atom. The zero-order chi connectivity index (χ0) is 33.3. The molecule has 10 rings (SSSR count). The van der Waals surface area contributed by atoms with E-state index in [1.807, 2.05) is 0 Å². The fourth-order valence-corrected chi connectivity index (χ4v) is 8.25. The second-order valence-corrected chi connectivity index (χ2v) is 13.9. The van der Waals surface area contributed by atoms with Crippen LogP contribution in [0, 0.1) is 11.8 Å². The molecule has 5 unspecified atom stereocenters. The van der Waals surface area contributed by atoms with Crippen molar-refractivity contribution in [1.29, 1.82) is 0 Å². The van der Waals surface area contributed by atoms with Crippen LogP contribution in [0.3, 0.4) is 0 Å². The van der Waals surface area contributed by atoms with Crippen molar-refractivity contribution in [3.05, 3.63) is 162 Å². The Hall–Kier alpha value is -5.88. The summed E-state index contributed by atoms with van der Waals surface area (Å²) in [4.78, 5) is 23.7. The van der Waals surface area contributed by atoms with Crippen molar-refractivity contribution >= 4 is 50.8 Å². The molecule has 2 aromatic heterocycles. The highest BCUT2D eigenvalue weighted by Crippen LogP contribution is 2.49. The van der Waals surface area contributed by atoms with Crippen molar-refractivity contribution in [3.8, 4) is 0 Å². The van der Waals surface area contributed by atoms with Crippen LogP contribution in [0.25, 0.3) is 27.6 Å². The highest BCUT2D eigenvalue weighted by molar-refractivity contribution is 6.16. The monoisotopic (exact) mass is 648 g/mol. The van der Waals surface area contributed by atoms with Gasteiger partial charge in [0, 0.05) is 28.5 Å². The predicted molar refractivity (Wildman–Crippen MR) is 205 cm³/mol. The topological polar surface area (TPSA) is 58.2 Å². The smallest absolute Gasteiger partial charge is 0.217 e. The van der Waals surface area contributed by atoms with Crippen LogP contribution in [0.15, 0.2) is 161 Å². The third-order valence-electron chi connectivity index (χ3n) is 10.8. The molecule has 6 nitrogen and oxygen atoms in total. The Kier molecular flexibility index (Phi) is 6.60. The van der Waals surface area contributed by atoms with E-state index in [-0.39, 0.29) is 23.9 Å². The van der Waals surface area contributed by atoms with Gasteiger partial charge in [-0.2, -0.15) is 0 Å². The van der Waals surface area contributed by atoms with Crippen molar-refractivity contribution in [2.75, 3.05) is 4.90 Å². The summed E-state index contributed by atoms with van der Waals surface area (Å²) in [5, 5.41) is 1.04. The third-order valence-corrected chi connectivity index (χ3v) is 10.8. The number of amidine groups is 1. The Morgan fingerprint density at radius 1 is 0.740 bits per heavy atom. The Morgan fingerprint density at radius 3 is 2.38 bits per heavy atom. The van der Waals surface area contributed by atoms with Gasteiger partial charge >= 0.3 is 0 Å². The number of benzene rings is 4. The average Bonchev–Trinajstić information content (AvgIpc) is 3.72. The SMILES string of the molecule is CC1C=CC(C2=NC(C3=CC4C(C=C3)c3ccccc3N4c3nc4ccccc4c4nc5ccccc5n34)C(C)C(c3ccccc3)=N2)=CC1. The lowest BCUT2D eigenvalue weighted by Crippen LogP contribution is -2.36. The van der Waals surface area contributed by atoms with Crippen LogP contribution in [0.5, 0.6) is 0 Å². The molecule has 0 saturated carbocycles. The largest absolute Gasteiger partial charge is 0.303 e. The summed E-state index contributed by atoms with van der Waals surface area (Å²) in [6, 6.07) is 36.0. The highest BCUT2D eigenvalue weighted by atomic mass is 15.3. The standard InChI is InChI=1S/C44H36N6/c1-27-20-22-30(23-21-27)42-47-40(29-12-4-3-5-13-29)28(2)41(48-42)31-24-25-33-32-14-7-10-18-37(32)49(39(33)26-31)44-46-35-16-8-6-15-34(35)43-45-36-17-9-11-19-38(36)50(43)44/h3-20,22-28,33,39,41H,21H2,1-2H3. The Labute approximate surface area is 291 Å². The summed E-state index contributed by atoms with van der Waals surface area (Å²) < 4.78 is 2.26. The van der Waals surface area contributed by atoms with Crippen LogP contribution in [0.4, 0.5) is 11.6 Å². The minimum Gasteiger partial charge on any atom is -0.303 e. The number of anilines is 2. The van der Waals surface area contributed by atoms with E-state index < -0.39 is 0 Å². The van der Waals surface area contributed by atoms with Crippen molar-refractivity contribution in [3.63, 3.8) is 0 Å². The average molecular weight is 649 g/mol. The molecular formula is C44H36N6. The van der Waals surface area contributed by atoms with Crippen LogP contribution in [-0.2, 0) is 0 Å². The maximum atomic E-state index is 5.44. The molecule has 0 amide bonds. The lowest BCUT2D eigenvalue weighted by molar-refractivity contribution is 0.621. The number of hydrogen-bond acceptors (Lipinski definition) is 5. The molecule has 6 heteroatoms. The second-order valence-electron chi connectivity index (χ2n) is 13.9. The van der Waals surface area contributed by atoms with Gasteiger partial charge in [0.05, 0.1) is 34.3 Å². The van der Waals surface area contributed by atoms with Gasteiger partial charge in [-0.3, -0.25) is 9.39 Å². The van der Waals surface area contributed by atoms with E-state index in [1.54, 1.807) is 0 Å². The van der Waals surface area contributed by atoms with Gasteiger partial charge in [0.2, 0.25) is 5.95 Å². The van der Waals surface area contributed by atoms with Crippen LogP contribution in [-0.4, -0.2) is 38.0 Å². The molecule has 0 radical (unpaired) electrons. The Bertz CT molecular complexity index is 2530. The molecule has 6 aromatic rings. The first-order valence-electron chi connectivity index (χ1n) is 17.7. The molecule has 4 aliphatic rings. The summed E-state index contributed by atoms with van der Waals surface area (Å²) >= 11 is 0. The fourth-order valence-electron chi connectivity index (χ4n) is 8.25. The van der Waals surface area contributed by atoms with Crippen LogP contribution >= 0.6 is 0 Å². The fraction of sp³-hybridized carbons (Fsp3) is 0.182. The summed E-state index contributed by atoms with van der Waals surface area (Å²) in [6.45, 7) is 4.53. The van der Waals surface area contributed by atoms with E-state index in [2.05, 4.69) is 163 Å². The minimum absolute atomic E-state index is 0.00459. The number of nitrogens with zero attached hydrogens (tertiary/aromatic N) is 6. The third kappa shape index (κ3) is 4.48. The molecule has 0 N–H and O–H groups in total. The van der Waals surface area contributed by atoms with Gasteiger partial charge in [0.15, 0.2) is 5.84 Å². The Balaban J connectivity index is 1.15. The number of aromatic nitrogens is 3. The van der Waals surface area contributed by atoms with Crippen molar-refractivity contribution < 1.29 is 0 Å². The van der Waals surface area contributed by atoms with Crippen LogP contribution in [0.1, 0.15) is 37.3 Å². The normalized spacial score (nSPS) is 24.2. The molecule has 0 spiro atoms. The summed E-state index contributed by atoms with van der Waals surface area (Å²) in [5.41, 5.74) is 10.9. The molecule has 0 fully saturated rings. The van der Waals surface area contributed by atoms with Gasteiger partial charge < -0.3 is 4.90 Å². The van der Waals surface area contributed by atoms with Gasteiger partial charge in [-0.1, -0.05) is 123 Å². The van der Waals surface area contributed by atoms with E-state index >= 15 is 0 Å². The molecule has 242 valence electrons. The first-order valence-corrected chi connectivity index (χ1v) is 17.7. The number of hydrogen-bond donors (Lipinski definition) is 0. The van der Waals surface area contributed by atoms with E-state index in [0.29, 0.717) is 5.92 Å². The molecule has 2 aliphatic carbocycles. The minimum atomic E-state index is -0.0900. The predicted octanol–water partition coefficient (Wildman–Crippen LogP) is 9.56. The summed E-state index contributed by atoms with van der Waals surface area (Å²) in [5.74, 6) is 2.47. The number of aliphatic imine (C=N–C) groups is 2. The molecule has 2 aliphatic heterocycles. The number of para-hydroxylation sites is 4. The molecular weight excluding hydrogens is 613 g/mol. The lowest BCUT2D eigenvalue weighted by atomic mass is 9.81. The number of allylic oxidation sites excluding steroid dienone is 2. The maximum absolute atomic E-state index is 5.44. The zero-order valence-electron chi connectivity index (χ0n) is 28.1. The zero-order valence-corrected chi connectivity index (χ0v) is 28.1. The van der Waals surface area contributed by atoms with Crippen molar-refractivity contribution in [2.24, 2.45) is 21.8 Å². The van der Waals surface area contributed by atoms with Crippen LogP contribution in [0.2, 0.25) is 0 Å². The van der Waals surface area contributed by atoms with Crippen molar-refractivity contribution in [2.45, 2.75) is 38.3 Å². The first kappa shape index (κ1) is 29.1. The van der Waals surface area contributed by atoms with E-state index in [9.17, 15) is 0 Å².